The Morgan fingerprint density at radius 2 is 2.50 bits per heavy atom. The van der Waals surface area contributed by atoms with E-state index >= 15 is 0 Å². The number of carbonyl (C=O) groups is 1. The van der Waals surface area contributed by atoms with E-state index in [0.29, 0.717) is 0 Å². The number of ketones is 1. The summed E-state index contributed by atoms with van der Waals surface area (Å²) in [4.78, 5) is 10.4. The molecule has 1 heteroatoms. The quantitative estimate of drug-likeness (QED) is 0.403. The lowest BCUT2D eigenvalue weighted by molar-refractivity contribution is -0.114. The van der Waals surface area contributed by atoms with Crippen molar-refractivity contribution in [1.29, 1.82) is 0 Å². The molecule has 0 atom stereocenters. The van der Waals surface area contributed by atoms with Crippen molar-refractivity contribution < 1.29 is 13.0 Å². The van der Waals surface area contributed by atoms with E-state index in [1.807, 2.05) is 0 Å². The number of hydrogen-bond donors (Lipinski definition) is 0. The van der Waals surface area contributed by atoms with Gasteiger partial charge in [-0.05, 0) is 13.7 Å². The summed E-state index contributed by atoms with van der Waals surface area (Å²) in [5, 5.41) is 0. The number of carbonyl (C=O) groups excluding carboxylic acids is 1. The molecular formula is C3H6O. The normalized spacial score (nSPS) is 35.0. The second-order valence-electron chi connectivity index (χ2n) is 0.329. The third kappa shape index (κ3) is 6.88. The minimum Gasteiger partial charge on any atom is -0.300 e. The van der Waals surface area contributed by atoms with Crippen LogP contribution < -0.4 is 0 Å². The van der Waals surface area contributed by atoms with Crippen LogP contribution >= 0.6 is 0 Å². The van der Waals surface area contributed by atoms with Crippen LogP contribution in [-0.4, -0.2) is 5.78 Å². The molecule has 24 valence electrons. The van der Waals surface area contributed by atoms with E-state index in [9.17, 15) is 4.79 Å². The fraction of sp³-hybridized carbons (Fsp3) is 0.667. The van der Waals surface area contributed by atoms with E-state index in [4.69, 9.17) is 8.22 Å². The topological polar surface area (TPSA) is 17.1 Å². The molecule has 0 radical (unpaired) electrons. The van der Waals surface area contributed by atoms with Gasteiger partial charge >= 0.3 is 0 Å². The largest absolute Gasteiger partial charge is 0.300 e. The molecule has 0 aliphatic rings. The minimum atomic E-state index is -3.01. The first-order valence-corrected chi connectivity index (χ1v) is 0.704. The molecular weight excluding hydrogens is 52.0 g/mol. The average Bonchev–Trinajstić information content (AvgIpc) is 1.59. The second-order valence-corrected chi connectivity index (χ2v) is 0.329. The van der Waals surface area contributed by atoms with Crippen LogP contribution in [0.4, 0.5) is 0 Å². The molecule has 0 aromatic carbocycles. The van der Waals surface area contributed by atoms with Gasteiger partial charge in [-0.2, -0.15) is 0 Å². The molecule has 0 aliphatic heterocycles. The first-order valence-electron chi connectivity index (χ1n) is 3.70. The van der Waals surface area contributed by atoms with Gasteiger partial charge in [0.2, 0.25) is 0 Å². The Morgan fingerprint density at radius 1 is 2.00 bits per heavy atom. The summed E-state index contributed by atoms with van der Waals surface area (Å²) in [6.07, 6.45) is 0. The summed E-state index contributed by atoms with van der Waals surface area (Å²) >= 11 is 0. The summed E-state index contributed by atoms with van der Waals surface area (Å²) in [7, 11) is 0. The van der Waals surface area contributed by atoms with E-state index in [1.165, 1.54) is 0 Å². The molecule has 0 amide bonds. The Hall–Kier alpha value is -0.330. The lowest BCUT2D eigenvalue weighted by atomic mass is 10.6. The van der Waals surface area contributed by atoms with Gasteiger partial charge in [-0.25, -0.2) is 0 Å². The molecule has 0 aromatic rings. The molecule has 0 unspecified atom stereocenters. The van der Waals surface area contributed by atoms with E-state index in [-0.39, 0.29) is 0 Å². The SMILES string of the molecule is [2H]C([2H])([2H])C(=[16O])C([2H])([2H])[2H]. The summed E-state index contributed by atoms with van der Waals surface area (Å²) in [6.45, 7) is -6.02. The van der Waals surface area contributed by atoms with E-state index < -0.39 is 19.5 Å². The van der Waals surface area contributed by atoms with E-state index in [2.05, 4.69) is 0 Å². The maximum atomic E-state index is 10.4. The van der Waals surface area contributed by atoms with Crippen LogP contribution in [0.5, 0.6) is 0 Å². The Morgan fingerprint density at radius 3 is 2.50 bits per heavy atom. The molecule has 0 saturated carbocycles. The molecule has 0 N–H and O–H groups in total. The fourth-order valence-corrected chi connectivity index (χ4v) is 0. The lowest BCUT2D eigenvalue weighted by Gasteiger charge is -1.56. The number of Topliss-reactive ketones (excluding diaryl/α,β-unsaturated/α-hetero) is 1. The van der Waals surface area contributed by atoms with Crippen LogP contribution in [0.25, 0.3) is 0 Å². The molecule has 1 nitrogen and oxygen atoms in total. The van der Waals surface area contributed by atoms with Gasteiger partial charge in [-0.1, -0.05) is 0 Å². The Labute approximate surface area is 34.1 Å². The average molecular weight is 64.1 g/mol. The van der Waals surface area contributed by atoms with Crippen LogP contribution in [-0.2, 0) is 4.79 Å². The van der Waals surface area contributed by atoms with Gasteiger partial charge in [-0.15, -0.1) is 0 Å². The van der Waals surface area contributed by atoms with Gasteiger partial charge in [0.25, 0.3) is 0 Å². The summed E-state index contributed by atoms with van der Waals surface area (Å²) in [5.74, 6) is -1.68. The molecule has 0 rings (SSSR count). The van der Waals surface area contributed by atoms with Gasteiger partial charge in [0.05, 0.1) is 0 Å². The van der Waals surface area contributed by atoms with Gasteiger partial charge in [-0.3, -0.25) is 0 Å². The molecule has 0 saturated heterocycles. The highest BCUT2D eigenvalue weighted by Crippen LogP contribution is 1.50. The highest BCUT2D eigenvalue weighted by atomic mass is 16.1. The standard InChI is InChI=1S/C3H6O/c1-3(2)4/h1-2H3/i1D3,2D3,4+0. The van der Waals surface area contributed by atoms with Gasteiger partial charge in [0, 0.05) is 8.22 Å². The van der Waals surface area contributed by atoms with Crippen molar-refractivity contribution in [1.82, 2.24) is 0 Å². The maximum Gasteiger partial charge on any atom is 0.126 e. The van der Waals surface area contributed by atoms with Gasteiger partial charge in [0.15, 0.2) is 0 Å². The third-order valence-corrected chi connectivity index (χ3v) is 0. The summed E-state index contributed by atoms with van der Waals surface area (Å²) in [6, 6.07) is 0. The van der Waals surface area contributed by atoms with Crippen molar-refractivity contribution >= 4 is 5.78 Å². The Kier molecular flexibility index (Phi) is 0.0909. The van der Waals surface area contributed by atoms with E-state index in [0.717, 1.165) is 0 Å². The van der Waals surface area contributed by atoms with Crippen LogP contribution in [0.3, 0.4) is 0 Å². The van der Waals surface area contributed by atoms with Crippen LogP contribution in [0.2, 0.25) is 0 Å². The molecule has 0 bridgehead atoms. The molecule has 4 heavy (non-hydrogen) atoms. The zero-order valence-corrected chi connectivity index (χ0v) is 1.91. The van der Waals surface area contributed by atoms with Gasteiger partial charge in [0.1, 0.15) is 5.78 Å². The molecule has 0 aromatic heterocycles. The Balaban J connectivity index is 4.40. The smallest absolute Gasteiger partial charge is 0.126 e. The molecule has 0 spiro atoms. The second kappa shape index (κ2) is 1.04. The Bertz CT molecular complexity index is 124. The van der Waals surface area contributed by atoms with Crippen molar-refractivity contribution in [2.24, 2.45) is 0 Å². The van der Waals surface area contributed by atoms with Crippen LogP contribution in [0.15, 0.2) is 0 Å². The zero-order chi connectivity index (χ0) is 8.58. The van der Waals surface area contributed by atoms with Gasteiger partial charge < -0.3 is 4.79 Å². The van der Waals surface area contributed by atoms with Crippen molar-refractivity contribution in [2.45, 2.75) is 13.7 Å². The predicted octanol–water partition coefficient (Wildman–Crippen LogP) is 0.595. The summed E-state index contributed by atoms with van der Waals surface area (Å²) < 4.78 is 38.5. The highest BCUT2D eigenvalue weighted by Gasteiger charge is 1.62. The highest BCUT2D eigenvalue weighted by molar-refractivity contribution is 5.72. The maximum absolute atomic E-state index is 10.4. The first kappa shape index (κ1) is 0.348. The monoisotopic (exact) mass is 64.1 g/mol. The third-order valence-electron chi connectivity index (χ3n) is 0. The molecule has 0 fully saturated rings. The zero-order valence-electron chi connectivity index (χ0n) is 7.91. The first-order chi connectivity index (χ1) is 4.15. The molecule has 0 aliphatic carbocycles. The van der Waals surface area contributed by atoms with Crippen molar-refractivity contribution in [2.75, 3.05) is 0 Å². The van der Waals surface area contributed by atoms with Crippen molar-refractivity contribution in [3.8, 4) is 0 Å². The molecule has 0 heterocycles. The number of hydrogen-bond acceptors (Lipinski definition) is 1. The van der Waals surface area contributed by atoms with Crippen molar-refractivity contribution in [3.63, 3.8) is 0 Å². The predicted molar refractivity (Wildman–Crippen MR) is 16.4 cm³/mol. The van der Waals surface area contributed by atoms with Crippen LogP contribution in [0, 0.1) is 0 Å². The van der Waals surface area contributed by atoms with Crippen molar-refractivity contribution in [3.05, 3.63) is 0 Å². The van der Waals surface area contributed by atoms with E-state index in [1.54, 1.807) is 0 Å². The minimum absolute atomic E-state index is 1.68. The van der Waals surface area contributed by atoms with Crippen LogP contribution in [0.1, 0.15) is 21.9 Å². The fourth-order valence-electron chi connectivity index (χ4n) is 0. The lowest BCUT2D eigenvalue weighted by Crippen LogP contribution is -1.69. The summed E-state index contributed by atoms with van der Waals surface area (Å²) in [5.41, 5.74) is 0. The number of rotatable bonds is 0.